The van der Waals surface area contributed by atoms with Crippen LogP contribution < -0.4 is 9.47 Å². The molecular weight excluding hydrogens is 312 g/mol. The molecular formula is C18H26O6. The summed E-state index contributed by atoms with van der Waals surface area (Å²) in [6, 6.07) is 3.50. The lowest BCUT2D eigenvalue weighted by Crippen LogP contribution is -2.21. The van der Waals surface area contributed by atoms with Gasteiger partial charge in [0.05, 0.1) is 0 Å². The van der Waals surface area contributed by atoms with Crippen molar-refractivity contribution in [1.29, 1.82) is 0 Å². The van der Waals surface area contributed by atoms with Gasteiger partial charge < -0.3 is 19.7 Å². The molecule has 2 N–H and O–H groups in total. The van der Waals surface area contributed by atoms with E-state index in [9.17, 15) is 9.59 Å². The molecule has 0 aromatic heterocycles. The zero-order valence-electron chi connectivity index (χ0n) is 15.1. The summed E-state index contributed by atoms with van der Waals surface area (Å²) >= 11 is 0. The molecule has 6 nitrogen and oxygen atoms in total. The van der Waals surface area contributed by atoms with Crippen molar-refractivity contribution in [2.45, 2.75) is 52.4 Å². The first kappa shape index (κ1) is 19.8. The Hall–Kier alpha value is -2.24. The molecule has 0 aliphatic carbocycles. The quantitative estimate of drug-likeness (QED) is 0.827. The highest BCUT2D eigenvalue weighted by Crippen LogP contribution is 2.41. The molecule has 0 bridgehead atoms. The molecule has 0 radical (unpaired) electrons. The smallest absolute Gasteiger partial charge is 0.341 e. The molecule has 6 heteroatoms. The first-order valence-electron chi connectivity index (χ1n) is 7.70. The molecule has 0 aliphatic rings. The minimum atomic E-state index is -1.08. The fourth-order valence-corrected chi connectivity index (χ4v) is 2.25. The average Bonchev–Trinajstić information content (AvgIpc) is 2.39. The molecule has 1 aromatic carbocycles. The number of ether oxygens (including phenoxy) is 2. The molecule has 0 saturated heterocycles. The topological polar surface area (TPSA) is 93.1 Å². The van der Waals surface area contributed by atoms with Gasteiger partial charge in [0, 0.05) is 17.2 Å². The van der Waals surface area contributed by atoms with Crippen molar-refractivity contribution in [2.75, 3.05) is 13.2 Å². The van der Waals surface area contributed by atoms with Crippen molar-refractivity contribution < 1.29 is 29.3 Å². The van der Waals surface area contributed by atoms with Gasteiger partial charge >= 0.3 is 11.9 Å². The van der Waals surface area contributed by atoms with Crippen LogP contribution in [0.15, 0.2) is 12.1 Å². The fourth-order valence-electron chi connectivity index (χ4n) is 2.25. The number of carbonyl (C=O) groups is 2. The molecule has 0 heterocycles. The summed E-state index contributed by atoms with van der Waals surface area (Å²) in [4.78, 5) is 21.7. The van der Waals surface area contributed by atoms with Crippen molar-refractivity contribution in [1.82, 2.24) is 0 Å². The molecule has 134 valence electrons. The van der Waals surface area contributed by atoms with Gasteiger partial charge in [0.1, 0.15) is 11.5 Å². The summed E-state index contributed by atoms with van der Waals surface area (Å²) in [7, 11) is 0. The standard InChI is InChI=1S/C18H26O6/c1-17(2,3)11-7-12(18(4,5)6)14(24-10-16(21)22)8-13(11)23-9-15(19)20/h7-8H,9-10H2,1-6H3,(H,19,20)(H,21,22). The van der Waals surface area contributed by atoms with Gasteiger partial charge in [-0.15, -0.1) is 0 Å². The Labute approximate surface area is 142 Å². The maximum Gasteiger partial charge on any atom is 0.341 e. The number of hydrogen-bond acceptors (Lipinski definition) is 4. The summed E-state index contributed by atoms with van der Waals surface area (Å²) in [5, 5.41) is 17.7. The second kappa shape index (κ2) is 7.11. The van der Waals surface area contributed by atoms with Crippen molar-refractivity contribution in [3.05, 3.63) is 23.3 Å². The van der Waals surface area contributed by atoms with Crippen LogP contribution in [0, 0.1) is 0 Å². The molecule has 1 rings (SSSR count). The summed E-state index contributed by atoms with van der Waals surface area (Å²) in [5.74, 6) is -1.39. The Morgan fingerprint density at radius 3 is 1.38 bits per heavy atom. The van der Waals surface area contributed by atoms with Gasteiger partial charge in [0.25, 0.3) is 0 Å². The molecule has 0 saturated carbocycles. The lowest BCUT2D eigenvalue weighted by atomic mass is 9.79. The van der Waals surface area contributed by atoms with Crippen LogP contribution in [0.3, 0.4) is 0 Å². The van der Waals surface area contributed by atoms with Gasteiger partial charge in [-0.25, -0.2) is 9.59 Å². The third kappa shape index (κ3) is 5.44. The van der Waals surface area contributed by atoms with E-state index < -0.39 is 25.2 Å². The lowest BCUT2D eigenvalue weighted by Gasteiger charge is -2.29. The van der Waals surface area contributed by atoms with Crippen LogP contribution in [0.1, 0.15) is 52.7 Å². The van der Waals surface area contributed by atoms with E-state index in [0.29, 0.717) is 11.5 Å². The molecule has 0 amide bonds. The Morgan fingerprint density at radius 1 is 0.792 bits per heavy atom. The zero-order chi connectivity index (χ0) is 18.7. The molecule has 0 spiro atoms. The Balaban J connectivity index is 3.47. The van der Waals surface area contributed by atoms with E-state index in [1.54, 1.807) is 6.07 Å². The number of carboxylic acid groups (broad SMARTS) is 2. The Morgan fingerprint density at radius 2 is 1.12 bits per heavy atom. The fraction of sp³-hybridized carbons (Fsp3) is 0.556. The minimum Gasteiger partial charge on any atom is -0.481 e. The largest absolute Gasteiger partial charge is 0.481 e. The number of carboxylic acids is 2. The third-order valence-electron chi connectivity index (χ3n) is 3.40. The molecule has 1 aromatic rings. The van der Waals surface area contributed by atoms with Crippen molar-refractivity contribution in [3.63, 3.8) is 0 Å². The zero-order valence-corrected chi connectivity index (χ0v) is 15.1. The SMILES string of the molecule is CC(C)(C)c1cc(C(C)(C)C)c(OCC(=O)O)cc1OCC(=O)O. The van der Waals surface area contributed by atoms with Crippen LogP contribution in [0.5, 0.6) is 11.5 Å². The number of aliphatic carboxylic acids is 2. The van der Waals surface area contributed by atoms with E-state index >= 15 is 0 Å². The normalized spacial score (nSPS) is 11.9. The maximum atomic E-state index is 10.8. The lowest BCUT2D eigenvalue weighted by molar-refractivity contribution is -0.140. The molecule has 0 unspecified atom stereocenters. The molecule has 0 aliphatic heterocycles. The summed E-state index contributed by atoms with van der Waals surface area (Å²) in [5.41, 5.74) is 1.13. The number of rotatable bonds is 6. The highest BCUT2D eigenvalue weighted by molar-refractivity contribution is 5.69. The highest BCUT2D eigenvalue weighted by Gasteiger charge is 2.27. The highest BCUT2D eigenvalue weighted by atomic mass is 16.5. The number of hydrogen-bond donors (Lipinski definition) is 2. The predicted molar refractivity (Wildman–Crippen MR) is 90.1 cm³/mol. The second-order valence-electron chi connectivity index (χ2n) is 7.71. The Bertz CT molecular complexity index is 568. The van der Waals surface area contributed by atoms with Crippen molar-refractivity contribution in [3.8, 4) is 11.5 Å². The molecule has 0 atom stereocenters. The van der Waals surface area contributed by atoms with Gasteiger partial charge in [0.15, 0.2) is 13.2 Å². The van der Waals surface area contributed by atoms with Crippen LogP contribution in [0.2, 0.25) is 0 Å². The Kier molecular flexibility index (Phi) is 5.87. The summed E-state index contributed by atoms with van der Waals surface area (Å²) in [6.07, 6.45) is 0. The van der Waals surface area contributed by atoms with Crippen LogP contribution >= 0.6 is 0 Å². The van der Waals surface area contributed by atoms with Crippen LogP contribution in [-0.2, 0) is 20.4 Å². The van der Waals surface area contributed by atoms with Crippen molar-refractivity contribution >= 4 is 11.9 Å². The first-order valence-corrected chi connectivity index (χ1v) is 7.70. The van der Waals surface area contributed by atoms with Gasteiger partial charge in [-0.3, -0.25) is 0 Å². The minimum absolute atomic E-state index is 0.279. The van der Waals surface area contributed by atoms with Crippen LogP contribution in [0.4, 0.5) is 0 Å². The van der Waals surface area contributed by atoms with Gasteiger partial charge in [-0.05, 0) is 16.9 Å². The second-order valence-corrected chi connectivity index (χ2v) is 7.71. The van der Waals surface area contributed by atoms with Gasteiger partial charge in [-0.1, -0.05) is 41.5 Å². The van der Waals surface area contributed by atoms with Crippen LogP contribution in [0.25, 0.3) is 0 Å². The first-order chi connectivity index (χ1) is 10.8. The van der Waals surface area contributed by atoms with E-state index in [2.05, 4.69) is 0 Å². The summed E-state index contributed by atoms with van der Waals surface area (Å²) < 4.78 is 10.8. The van der Waals surface area contributed by atoms with Crippen LogP contribution in [-0.4, -0.2) is 35.4 Å². The van der Waals surface area contributed by atoms with E-state index in [4.69, 9.17) is 19.7 Å². The number of benzene rings is 1. The van der Waals surface area contributed by atoms with E-state index in [0.717, 1.165) is 11.1 Å². The summed E-state index contributed by atoms with van der Waals surface area (Å²) in [6.45, 7) is 11.0. The predicted octanol–water partition coefficient (Wildman–Crippen LogP) is 3.21. The third-order valence-corrected chi connectivity index (χ3v) is 3.40. The maximum absolute atomic E-state index is 10.8. The molecule has 0 fully saturated rings. The van der Waals surface area contributed by atoms with Gasteiger partial charge in [0.2, 0.25) is 0 Å². The monoisotopic (exact) mass is 338 g/mol. The van der Waals surface area contributed by atoms with E-state index in [1.807, 2.05) is 47.6 Å². The van der Waals surface area contributed by atoms with E-state index in [1.165, 1.54) is 0 Å². The average molecular weight is 338 g/mol. The van der Waals surface area contributed by atoms with Gasteiger partial charge in [-0.2, -0.15) is 0 Å². The van der Waals surface area contributed by atoms with Crippen molar-refractivity contribution in [2.24, 2.45) is 0 Å². The van der Waals surface area contributed by atoms with E-state index in [-0.39, 0.29) is 10.8 Å². The molecule has 24 heavy (non-hydrogen) atoms.